The molecule has 29 heavy (non-hydrogen) atoms. The van der Waals surface area contributed by atoms with Crippen LogP contribution in [-0.2, 0) is 11.3 Å². The van der Waals surface area contributed by atoms with E-state index in [-0.39, 0.29) is 5.91 Å². The first kappa shape index (κ1) is 29.3. The third-order valence-corrected chi connectivity index (χ3v) is 4.33. The number of carbonyl (C=O) groups excluding carboxylic acids is 1. The molecule has 1 rings (SSSR count). The summed E-state index contributed by atoms with van der Waals surface area (Å²) in [5.41, 5.74) is 1.47. The number of carboxylic acids is 1. The topological polar surface area (TPSA) is 66.4 Å². The van der Waals surface area contributed by atoms with Crippen molar-refractivity contribution in [1.82, 2.24) is 5.32 Å². The molecule has 1 aromatic rings. The van der Waals surface area contributed by atoms with Gasteiger partial charge in [0, 0.05) is 18.5 Å². The highest BCUT2D eigenvalue weighted by molar-refractivity contribution is 5.87. The Morgan fingerprint density at radius 1 is 0.931 bits per heavy atom. The molecule has 1 amide bonds. The summed E-state index contributed by atoms with van der Waals surface area (Å²) in [6.45, 7) is 12.8. The number of carboxylic acid groups (broad SMARTS) is 1. The zero-order chi connectivity index (χ0) is 22.7. The monoisotopic (exact) mass is 409 g/mol. The van der Waals surface area contributed by atoms with Crippen molar-refractivity contribution in [3.05, 3.63) is 35.4 Å². The largest absolute Gasteiger partial charge is 0.478 e. The molecule has 0 fully saturated rings. The minimum Gasteiger partial charge on any atom is -0.478 e. The van der Waals surface area contributed by atoms with Crippen LogP contribution in [0.25, 0.3) is 0 Å². The molecule has 0 aromatic heterocycles. The molecular weight excluding hydrogens is 364 g/mol. The van der Waals surface area contributed by atoms with Crippen molar-refractivity contribution < 1.29 is 19.2 Å². The summed E-state index contributed by atoms with van der Waals surface area (Å²) < 4.78 is 0.856. The molecule has 5 heteroatoms. The third-order valence-electron chi connectivity index (χ3n) is 4.33. The van der Waals surface area contributed by atoms with Gasteiger partial charge in [0.1, 0.15) is 6.54 Å². The molecule has 5 nitrogen and oxygen atoms in total. The molecule has 0 aliphatic heterocycles. The Balaban J connectivity index is 0. The van der Waals surface area contributed by atoms with Crippen LogP contribution in [0.4, 0.5) is 0 Å². The first-order chi connectivity index (χ1) is 13.8. The van der Waals surface area contributed by atoms with Crippen molar-refractivity contribution in [2.45, 2.75) is 79.7 Å². The Morgan fingerprint density at radius 2 is 1.52 bits per heavy atom. The van der Waals surface area contributed by atoms with E-state index >= 15 is 0 Å². The van der Waals surface area contributed by atoms with E-state index in [0.717, 1.165) is 61.8 Å². The fourth-order valence-corrected chi connectivity index (χ4v) is 2.82. The molecule has 0 aliphatic carbocycles. The van der Waals surface area contributed by atoms with Crippen LogP contribution < -0.4 is 5.32 Å². The van der Waals surface area contributed by atoms with Gasteiger partial charge in [-0.15, -0.1) is 0 Å². The molecule has 0 saturated heterocycles. The van der Waals surface area contributed by atoms with Gasteiger partial charge in [0.2, 0.25) is 5.91 Å². The van der Waals surface area contributed by atoms with Crippen molar-refractivity contribution in [2.24, 2.45) is 0 Å². The fraction of sp³-hybridized carbons (Fsp3) is 0.667. The van der Waals surface area contributed by atoms with E-state index < -0.39 is 5.97 Å². The maximum atomic E-state index is 11.6. The van der Waals surface area contributed by atoms with Gasteiger partial charge in [0.15, 0.2) is 0 Å². The summed E-state index contributed by atoms with van der Waals surface area (Å²) >= 11 is 0. The molecule has 1 aromatic carbocycles. The Kier molecular flexibility index (Phi) is 18.4. The molecule has 0 atom stereocenters. The lowest BCUT2D eigenvalue weighted by molar-refractivity contribution is -0.903. The van der Waals surface area contributed by atoms with Gasteiger partial charge in [-0.2, -0.15) is 0 Å². The predicted octanol–water partition coefficient (Wildman–Crippen LogP) is 5.49. The SMILES string of the molecule is CC.CC.CCCCNC(=O)CCCCC[N+](C)(C)Cc1ccc(C(=O)O)cc1. The number of aromatic carboxylic acids is 1. The number of quaternary nitrogens is 1. The number of hydrogen-bond acceptors (Lipinski definition) is 2. The van der Waals surface area contributed by atoms with Crippen LogP contribution in [0.5, 0.6) is 0 Å². The molecular formula is C24H45N2O3+. The van der Waals surface area contributed by atoms with Crippen LogP contribution in [0.2, 0.25) is 0 Å². The normalized spacial score (nSPS) is 10.2. The lowest BCUT2D eigenvalue weighted by Gasteiger charge is -2.30. The number of unbranched alkanes of at least 4 members (excludes halogenated alkanes) is 3. The van der Waals surface area contributed by atoms with Crippen LogP contribution in [0, 0.1) is 0 Å². The van der Waals surface area contributed by atoms with Crippen LogP contribution in [0.15, 0.2) is 24.3 Å². The molecule has 0 bridgehead atoms. The Hall–Kier alpha value is -1.88. The van der Waals surface area contributed by atoms with Crippen LogP contribution >= 0.6 is 0 Å². The van der Waals surface area contributed by atoms with E-state index in [0.29, 0.717) is 12.0 Å². The molecule has 0 aliphatic rings. The van der Waals surface area contributed by atoms with Crippen LogP contribution in [-0.4, -0.2) is 48.7 Å². The second-order valence-electron chi connectivity index (χ2n) is 7.33. The Labute approximate surface area is 179 Å². The maximum absolute atomic E-state index is 11.6. The summed E-state index contributed by atoms with van der Waals surface area (Å²) in [5, 5.41) is 11.9. The maximum Gasteiger partial charge on any atom is 0.335 e. The summed E-state index contributed by atoms with van der Waals surface area (Å²) in [6, 6.07) is 7.11. The predicted molar refractivity (Wildman–Crippen MR) is 123 cm³/mol. The van der Waals surface area contributed by atoms with Crippen molar-refractivity contribution >= 4 is 11.9 Å². The number of hydrogen-bond donors (Lipinski definition) is 2. The first-order valence-electron chi connectivity index (χ1n) is 11.2. The van der Waals surface area contributed by atoms with E-state index in [1.807, 2.05) is 39.8 Å². The van der Waals surface area contributed by atoms with Crippen LogP contribution in [0.1, 0.15) is 89.1 Å². The summed E-state index contributed by atoms with van der Waals surface area (Å²) in [7, 11) is 4.37. The van der Waals surface area contributed by atoms with E-state index in [2.05, 4.69) is 26.3 Å². The fourth-order valence-electron chi connectivity index (χ4n) is 2.82. The van der Waals surface area contributed by atoms with E-state index in [1.54, 1.807) is 12.1 Å². The quantitative estimate of drug-likeness (QED) is 0.354. The van der Waals surface area contributed by atoms with Gasteiger partial charge >= 0.3 is 5.97 Å². The number of carbonyl (C=O) groups is 2. The van der Waals surface area contributed by atoms with Gasteiger partial charge in [0.05, 0.1) is 26.2 Å². The average Bonchev–Trinajstić information content (AvgIpc) is 2.71. The third kappa shape index (κ3) is 15.7. The highest BCUT2D eigenvalue weighted by Crippen LogP contribution is 2.13. The average molecular weight is 410 g/mol. The zero-order valence-electron chi connectivity index (χ0n) is 19.9. The summed E-state index contributed by atoms with van der Waals surface area (Å²) in [6.07, 6.45) is 5.85. The lowest BCUT2D eigenvalue weighted by Crippen LogP contribution is -2.39. The van der Waals surface area contributed by atoms with Crippen LogP contribution in [0.3, 0.4) is 0 Å². The van der Waals surface area contributed by atoms with Crippen molar-refractivity contribution in [3.63, 3.8) is 0 Å². The Bertz CT molecular complexity index is 540. The number of amides is 1. The lowest BCUT2D eigenvalue weighted by atomic mass is 10.1. The minimum absolute atomic E-state index is 0.167. The molecule has 0 spiro atoms. The van der Waals surface area contributed by atoms with Gasteiger partial charge in [0.25, 0.3) is 0 Å². The first-order valence-corrected chi connectivity index (χ1v) is 11.2. The van der Waals surface area contributed by atoms with Crippen molar-refractivity contribution in [3.8, 4) is 0 Å². The summed E-state index contributed by atoms with van der Waals surface area (Å²) in [5.74, 6) is -0.722. The number of benzene rings is 1. The highest BCUT2D eigenvalue weighted by Gasteiger charge is 2.16. The van der Waals surface area contributed by atoms with E-state index in [4.69, 9.17) is 5.11 Å². The van der Waals surface area contributed by atoms with Crippen molar-refractivity contribution in [1.29, 1.82) is 0 Å². The van der Waals surface area contributed by atoms with Gasteiger partial charge in [-0.3, -0.25) is 4.79 Å². The molecule has 0 saturated carbocycles. The second kappa shape index (κ2) is 18.2. The molecule has 0 heterocycles. The number of nitrogens with zero attached hydrogens (tertiary/aromatic N) is 1. The van der Waals surface area contributed by atoms with Gasteiger partial charge in [-0.1, -0.05) is 53.2 Å². The van der Waals surface area contributed by atoms with Crippen molar-refractivity contribution in [2.75, 3.05) is 27.2 Å². The smallest absolute Gasteiger partial charge is 0.335 e. The highest BCUT2D eigenvalue weighted by atomic mass is 16.4. The molecule has 0 unspecified atom stereocenters. The molecule has 168 valence electrons. The molecule has 2 N–H and O–H groups in total. The number of rotatable bonds is 12. The minimum atomic E-state index is -0.890. The van der Waals surface area contributed by atoms with E-state index in [1.165, 1.54) is 0 Å². The van der Waals surface area contributed by atoms with Gasteiger partial charge in [-0.05, 0) is 37.8 Å². The van der Waals surface area contributed by atoms with Gasteiger partial charge in [-0.25, -0.2) is 4.79 Å². The second-order valence-corrected chi connectivity index (χ2v) is 7.33. The zero-order valence-corrected chi connectivity index (χ0v) is 19.9. The van der Waals surface area contributed by atoms with E-state index in [9.17, 15) is 9.59 Å². The number of nitrogens with one attached hydrogen (secondary N) is 1. The summed E-state index contributed by atoms with van der Waals surface area (Å²) in [4.78, 5) is 22.5. The Morgan fingerprint density at radius 3 is 2.03 bits per heavy atom. The standard InChI is InChI=1S/C20H32N2O3.2C2H6/c1-4-5-14-21-19(23)9-7-6-8-15-22(2,3)16-17-10-12-18(13-11-17)20(24)25;2*1-2/h10-13H,4-9,14-16H2,1-3H3,(H-,21,23,24,25);2*1-2H3/p+1. The molecule has 0 radical (unpaired) electrons. The van der Waals surface area contributed by atoms with Gasteiger partial charge < -0.3 is 14.9 Å².